The fraction of sp³-hybridized carbons (Fsp3) is 0.621. The van der Waals surface area contributed by atoms with Crippen LogP contribution in [0.25, 0.3) is 0 Å². The average Bonchev–Trinajstić information content (AvgIpc) is 2.93. The van der Waals surface area contributed by atoms with Crippen molar-refractivity contribution >= 4 is 47.1 Å². The van der Waals surface area contributed by atoms with E-state index in [1.807, 2.05) is 31.7 Å². The molecule has 2 fully saturated rings. The maximum atomic E-state index is 12.1. The summed E-state index contributed by atoms with van der Waals surface area (Å²) in [6.07, 6.45) is 5.66. The predicted octanol–water partition coefficient (Wildman–Crippen LogP) is 4.99. The summed E-state index contributed by atoms with van der Waals surface area (Å²) >= 11 is 8.12. The number of carboxylic acid groups (broad SMARTS) is 1. The predicted molar refractivity (Wildman–Crippen MR) is 162 cm³/mol. The molecular weight excluding hydrogens is 580 g/mol. The number of nitrogens with one attached hydrogen (secondary N) is 1. The van der Waals surface area contributed by atoms with E-state index >= 15 is 0 Å². The number of aliphatic hydroxyl groups is 1. The topological polar surface area (TPSA) is 141 Å². The van der Waals surface area contributed by atoms with Gasteiger partial charge in [0.05, 0.1) is 23.2 Å². The molecule has 11 nitrogen and oxygen atoms in total. The highest BCUT2D eigenvalue weighted by atomic mass is 35.5. The Morgan fingerprint density at radius 3 is 2.29 bits per heavy atom. The molecule has 2 aromatic rings. The van der Waals surface area contributed by atoms with Gasteiger partial charge in [0, 0.05) is 43.8 Å². The van der Waals surface area contributed by atoms with Crippen LogP contribution in [0.5, 0.6) is 0 Å². The fourth-order valence-corrected chi connectivity index (χ4v) is 6.25. The van der Waals surface area contributed by atoms with Crippen LogP contribution in [0.1, 0.15) is 66.0 Å². The van der Waals surface area contributed by atoms with Crippen molar-refractivity contribution in [2.45, 2.75) is 82.4 Å². The summed E-state index contributed by atoms with van der Waals surface area (Å²) in [5, 5.41) is 23.7. The van der Waals surface area contributed by atoms with Gasteiger partial charge in [-0.05, 0) is 64.9 Å². The molecule has 0 bridgehead atoms. The minimum atomic E-state index is -0.777. The lowest BCUT2D eigenvalue weighted by molar-refractivity contribution is -0.149. The smallest absolute Gasteiger partial charge is 0.407 e. The van der Waals surface area contributed by atoms with Crippen LogP contribution in [-0.4, -0.2) is 75.6 Å². The Kier molecular flexibility index (Phi) is 9.79. The number of nitrogens with zero attached hydrogens (tertiary/aromatic N) is 5. The largest absolute Gasteiger partial charge is 0.481 e. The second-order valence-corrected chi connectivity index (χ2v) is 14.1. The van der Waals surface area contributed by atoms with Crippen molar-refractivity contribution in [3.05, 3.63) is 29.2 Å². The number of carboxylic acids is 1. The number of carbonyl (C=O) groups is 2. The van der Waals surface area contributed by atoms with Crippen molar-refractivity contribution in [1.82, 2.24) is 20.3 Å². The lowest BCUT2D eigenvalue weighted by Crippen LogP contribution is -2.46. The molecule has 2 aromatic heterocycles. The first kappa shape index (κ1) is 32.1. The number of aliphatic carboxylic acids is 1. The molecule has 0 spiro atoms. The Labute approximate surface area is 256 Å². The molecule has 0 atom stereocenters. The number of hydrogen-bond acceptors (Lipinski definition) is 10. The number of piperidine rings is 2. The van der Waals surface area contributed by atoms with Gasteiger partial charge in [0.2, 0.25) is 0 Å². The summed E-state index contributed by atoms with van der Waals surface area (Å²) in [6, 6.07) is 1.81. The number of anilines is 2. The van der Waals surface area contributed by atoms with Crippen molar-refractivity contribution in [3.8, 4) is 0 Å². The van der Waals surface area contributed by atoms with Crippen LogP contribution in [0, 0.1) is 10.8 Å². The minimum Gasteiger partial charge on any atom is -0.481 e. The lowest BCUT2D eigenvalue weighted by Gasteiger charge is -2.40. The van der Waals surface area contributed by atoms with E-state index in [-0.39, 0.29) is 12.0 Å². The van der Waals surface area contributed by atoms with Crippen LogP contribution in [-0.2, 0) is 16.1 Å². The number of carbonyl (C=O) groups excluding carboxylic acids is 1. The van der Waals surface area contributed by atoms with Crippen LogP contribution in [0.15, 0.2) is 28.4 Å². The summed E-state index contributed by atoms with van der Waals surface area (Å²) in [6.45, 7) is 12.3. The van der Waals surface area contributed by atoms with Gasteiger partial charge in [0.15, 0.2) is 5.82 Å². The molecule has 2 aliphatic heterocycles. The van der Waals surface area contributed by atoms with Crippen molar-refractivity contribution < 1.29 is 24.5 Å². The molecule has 42 heavy (non-hydrogen) atoms. The van der Waals surface area contributed by atoms with E-state index in [1.165, 1.54) is 11.8 Å². The van der Waals surface area contributed by atoms with Crippen LogP contribution in [0.4, 0.5) is 16.4 Å². The molecule has 2 aliphatic rings. The molecular formula is C29H41ClN6O5S. The molecule has 4 heterocycles. The van der Waals surface area contributed by atoms with E-state index in [0.717, 1.165) is 30.8 Å². The molecule has 0 aromatic carbocycles. The van der Waals surface area contributed by atoms with Gasteiger partial charge < -0.3 is 30.1 Å². The number of rotatable bonds is 8. The lowest BCUT2D eigenvalue weighted by atomic mass is 9.80. The Hall–Kier alpha value is -2.83. The highest BCUT2D eigenvalue weighted by Crippen LogP contribution is 2.40. The molecule has 3 N–H and O–H groups in total. The van der Waals surface area contributed by atoms with Gasteiger partial charge in [0.25, 0.3) is 0 Å². The number of halogens is 1. The molecule has 230 valence electrons. The van der Waals surface area contributed by atoms with Gasteiger partial charge in [-0.3, -0.25) is 4.79 Å². The number of hydrogen-bond donors (Lipinski definition) is 3. The van der Waals surface area contributed by atoms with Crippen LogP contribution < -0.4 is 15.1 Å². The second-order valence-electron chi connectivity index (χ2n) is 12.7. The first-order valence-electron chi connectivity index (χ1n) is 14.2. The van der Waals surface area contributed by atoms with Gasteiger partial charge in [-0.25, -0.2) is 19.7 Å². The third-order valence-electron chi connectivity index (χ3n) is 8.01. The van der Waals surface area contributed by atoms with E-state index in [1.54, 1.807) is 19.3 Å². The summed E-state index contributed by atoms with van der Waals surface area (Å²) < 4.78 is 5.37. The van der Waals surface area contributed by atoms with Gasteiger partial charge in [-0.2, -0.15) is 0 Å². The molecule has 0 aliphatic carbocycles. The molecule has 0 radical (unpaired) electrons. The SMILES string of the molecule is CC1(CNC(=O)OC(C)(C)C)CCN(c2ncc(Sc3ccnc(N4CCC(C)(C(=O)O)CC4)c3Cl)nc2CO)CC1. The first-order chi connectivity index (χ1) is 19.7. The van der Waals surface area contributed by atoms with Gasteiger partial charge in [-0.15, -0.1) is 0 Å². The maximum Gasteiger partial charge on any atom is 0.407 e. The van der Waals surface area contributed by atoms with Crippen molar-refractivity contribution in [3.63, 3.8) is 0 Å². The number of aliphatic hydroxyl groups excluding tert-OH is 1. The molecule has 4 rings (SSSR count). The van der Waals surface area contributed by atoms with Crippen molar-refractivity contribution in [1.29, 1.82) is 0 Å². The first-order valence-corrected chi connectivity index (χ1v) is 15.4. The van der Waals surface area contributed by atoms with E-state index in [4.69, 9.17) is 21.3 Å². The zero-order valence-corrected chi connectivity index (χ0v) is 26.5. The van der Waals surface area contributed by atoms with E-state index < -0.39 is 23.1 Å². The Morgan fingerprint density at radius 2 is 1.69 bits per heavy atom. The van der Waals surface area contributed by atoms with E-state index in [2.05, 4.69) is 27.1 Å². The van der Waals surface area contributed by atoms with Crippen LogP contribution in [0.2, 0.25) is 5.02 Å². The average molecular weight is 621 g/mol. The molecule has 0 saturated carbocycles. The van der Waals surface area contributed by atoms with E-state index in [9.17, 15) is 19.8 Å². The normalized spacial score (nSPS) is 18.5. The summed E-state index contributed by atoms with van der Waals surface area (Å²) in [5.74, 6) is 0.500. The van der Waals surface area contributed by atoms with Gasteiger partial charge in [0.1, 0.15) is 22.1 Å². The third-order valence-corrected chi connectivity index (χ3v) is 9.46. The monoisotopic (exact) mass is 620 g/mol. The molecule has 2 saturated heterocycles. The van der Waals surface area contributed by atoms with E-state index in [0.29, 0.717) is 59.9 Å². The highest BCUT2D eigenvalue weighted by molar-refractivity contribution is 7.99. The summed E-state index contributed by atoms with van der Waals surface area (Å²) in [7, 11) is 0. The summed E-state index contributed by atoms with van der Waals surface area (Å²) in [5.41, 5.74) is -0.864. The molecule has 1 amide bonds. The second kappa shape index (κ2) is 12.8. The Morgan fingerprint density at radius 1 is 1.07 bits per heavy atom. The fourth-order valence-electron chi connectivity index (χ4n) is 5.11. The zero-order chi connectivity index (χ0) is 30.7. The van der Waals surface area contributed by atoms with Gasteiger partial charge in [-0.1, -0.05) is 30.3 Å². The quantitative estimate of drug-likeness (QED) is 0.367. The number of amides is 1. The number of ether oxygens (including phenoxy) is 1. The minimum absolute atomic E-state index is 0.0770. The highest BCUT2D eigenvalue weighted by Gasteiger charge is 2.38. The molecule has 0 unspecified atom stereocenters. The standard InChI is InChI=1S/C29H41ClN6O5S/c1-27(2,3)41-26(40)33-18-28(4)7-12-35(13-8-28)23-19(17-37)34-21(16-32-23)42-20-6-11-31-24(22(20)30)36-14-9-29(5,10-15-36)25(38)39/h6,11,16,37H,7-10,12-15,17-18H2,1-5H3,(H,33,40)(H,38,39). The zero-order valence-electron chi connectivity index (χ0n) is 24.9. The Balaban J connectivity index is 1.39. The van der Waals surface area contributed by atoms with Crippen molar-refractivity contribution in [2.24, 2.45) is 10.8 Å². The number of aromatic nitrogens is 3. The summed E-state index contributed by atoms with van der Waals surface area (Å²) in [4.78, 5) is 42.5. The number of pyridine rings is 1. The third kappa shape index (κ3) is 7.76. The van der Waals surface area contributed by atoms with Crippen LogP contribution in [0.3, 0.4) is 0 Å². The Bertz CT molecular complexity index is 1290. The van der Waals surface area contributed by atoms with Crippen molar-refractivity contribution in [2.75, 3.05) is 42.5 Å². The maximum absolute atomic E-state index is 12.1. The molecule has 13 heteroatoms. The van der Waals surface area contributed by atoms with Gasteiger partial charge >= 0.3 is 12.1 Å². The number of alkyl carbamates (subject to hydrolysis) is 1. The van der Waals surface area contributed by atoms with Crippen LogP contribution >= 0.6 is 23.4 Å².